The number of carbonyl (C=O) groups is 2. The van der Waals surface area contributed by atoms with Crippen LogP contribution in [-0.2, 0) is 11.4 Å². The van der Waals surface area contributed by atoms with E-state index in [0.717, 1.165) is 16.8 Å². The van der Waals surface area contributed by atoms with Crippen molar-refractivity contribution in [3.05, 3.63) is 101 Å². The number of benzene rings is 3. The van der Waals surface area contributed by atoms with Crippen LogP contribution in [0, 0.1) is 13.8 Å². The maximum Gasteiger partial charge on any atom is 0.259 e. The first-order chi connectivity index (χ1) is 16.4. The zero-order chi connectivity index (χ0) is 24.1. The molecule has 34 heavy (non-hydrogen) atoms. The molecule has 172 valence electrons. The van der Waals surface area contributed by atoms with E-state index < -0.39 is 0 Å². The van der Waals surface area contributed by atoms with E-state index >= 15 is 0 Å². The van der Waals surface area contributed by atoms with Gasteiger partial charge in [0.1, 0.15) is 12.4 Å². The Morgan fingerprint density at radius 2 is 1.71 bits per heavy atom. The van der Waals surface area contributed by atoms with Crippen molar-refractivity contribution in [3.63, 3.8) is 0 Å². The largest absolute Gasteiger partial charge is 0.486 e. The second-order valence-electron chi connectivity index (χ2n) is 7.80. The Morgan fingerprint density at radius 1 is 0.971 bits per heavy atom. The highest BCUT2D eigenvalue weighted by atomic mass is 32.1. The molecule has 0 aliphatic carbocycles. The highest BCUT2D eigenvalue weighted by Gasteiger charge is 2.20. The molecule has 0 atom stereocenters. The molecule has 0 saturated heterocycles. The Bertz CT molecular complexity index is 1320. The summed E-state index contributed by atoms with van der Waals surface area (Å²) in [5.74, 6) is 0.0975. The summed E-state index contributed by atoms with van der Waals surface area (Å²) in [6.07, 6.45) is 0. The Balaban J connectivity index is 1.51. The molecular formula is C27H25N3O3S. The van der Waals surface area contributed by atoms with E-state index in [4.69, 9.17) is 4.74 Å². The van der Waals surface area contributed by atoms with Gasteiger partial charge in [-0.3, -0.25) is 14.5 Å². The maximum atomic E-state index is 12.8. The number of anilines is 3. The molecule has 6 nitrogen and oxygen atoms in total. The number of hydrogen-bond acceptors (Lipinski definition) is 5. The predicted octanol–water partition coefficient (Wildman–Crippen LogP) is 6.28. The summed E-state index contributed by atoms with van der Waals surface area (Å²) >= 11 is 1.38. The standard InChI is InChI=1S/C27H25N3O3S/c1-18-10-9-14-24(19(18)2)30(20(3)31)27-29-22(17-34-27)16-33-25-15-8-7-13-23(25)26(32)28-21-11-5-4-6-12-21/h4-15,17H,16H2,1-3H3,(H,28,32). The highest BCUT2D eigenvalue weighted by Crippen LogP contribution is 2.32. The van der Waals surface area contributed by atoms with Crippen molar-refractivity contribution in [2.24, 2.45) is 0 Å². The number of nitrogens with zero attached hydrogens (tertiary/aromatic N) is 2. The summed E-state index contributed by atoms with van der Waals surface area (Å²) in [5.41, 5.74) is 4.77. The molecule has 3 aromatic carbocycles. The fourth-order valence-corrected chi connectivity index (χ4v) is 4.37. The number of ether oxygens (including phenoxy) is 1. The fraction of sp³-hybridized carbons (Fsp3) is 0.148. The van der Waals surface area contributed by atoms with Gasteiger partial charge in [0.15, 0.2) is 5.13 Å². The normalized spacial score (nSPS) is 10.6. The van der Waals surface area contributed by atoms with Gasteiger partial charge in [-0.15, -0.1) is 11.3 Å². The Kier molecular flexibility index (Phi) is 7.04. The number of aromatic nitrogens is 1. The summed E-state index contributed by atoms with van der Waals surface area (Å²) < 4.78 is 5.96. The van der Waals surface area contributed by atoms with Crippen molar-refractivity contribution >= 4 is 39.7 Å². The Morgan fingerprint density at radius 3 is 2.47 bits per heavy atom. The molecule has 0 unspecified atom stereocenters. The van der Waals surface area contributed by atoms with Gasteiger partial charge in [-0.05, 0) is 55.3 Å². The van der Waals surface area contributed by atoms with Crippen LogP contribution >= 0.6 is 11.3 Å². The van der Waals surface area contributed by atoms with Gasteiger partial charge in [0, 0.05) is 18.0 Å². The van der Waals surface area contributed by atoms with Gasteiger partial charge in [0.2, 0.25) is 5.91 Å². The number of amides is 2. The number of nitrogens with one attached hydrogen (secondary N) is 1. The average Bonchev–Trinajstić information content (AvgIpc) is 3.29. The van der Waals surface area contributed by atoms with Crippen molar-refractivity contribution < 1.29 is 14.3 Å². The van der Waals surface area contributed by atoms with Gasteiger partial charge < -0.3 is 10.1 Å². The van der Waals surface area contributed by atoms with Gasteiger partial charge in [-0.1, -0.05) is 42.5 Å². The van der Waals surface area contributed by atoms with E-state index in [-0.39, 0.29) is 18.4 Å². The number of aryl methyl sites for hydroxylation is 1. The lowest BCUT2D eigenvalue weighted by molar-refractivity contribution is -0.115. The van der Waals surface area contributed by atoms with Crippen LogP contribution in [0.15, 0.2) is 78.2 Å². The van der Waals surface area contributed by atoms with Crippen molar-refractivity contribution in [1.29, 1.82) is 0 Å². The topological polar surface area (TPSA) is 71.5 Å². The van der Waals surface area contributed by atoms with Crippen LogP contribution in [-0.4, -0.2) is 16.8 Å². The van der Waals surface area contributed by atoms with Crippen LogP contribution in [0.2, 0.25) is 0 Å². The number of rotatable bonds is 7. The molecule has 0 spiro atoms. The van der Waals surface area contributed by atoms with Crippen molar-refractivity contribution in [1.82, 2.24) is 4.98 Å². The van der Waals surface area contributed by atoms with Crippen LogP contribution in [0.5, 0.6) is 5.75 Å². The van der Waals surface area contributed by atoms with Gasteiger partial charge >= 0.3 is 0 Å². The summed E-state index contributed by atoms with van der Waals surface area (Å²) in [4.78, 5) is 31.5. The molecule has 2 amide bonds. The molecule has 1 N–H and O–H groups in total. The lowest BCUT2D eigenvalue weighted by Crippen LogP contribution is -2.23. The minimum Gasteiger partial charge on any atom is -0.486 e. The summed E-state index contributed by atoms with van der Waals surface area (Å²) in [6.45, 7) is 5.71. The Labute approximate surface area is 202 Å². The summed E-state index contributed by atoms with van der Waals surface area (Å²) in [7, 11) is 0. The third-order valence-corrected chi connectivity index (χ3v) is 6.28. The smallest absolute Gasteiger partial charge is 0.259 e. The van der Waals surface area contributed by atoms with E-state index in [9.17, 15) is 9.59 Å². The SMILES string of the molecule is CC(=O)N(c1nc(COc2ccccc2C(=O)Nc2ccccc2)cs1)c1cccc(C)c1C. The summed E-state index contributed by atoms with van der Waals surface area (Å²) in [5, 5.41) is 5.32. The van der Waals surface area contributed by atoms with Gasteiger partial charge in [0.25, 0.3) is 5.91 Å². The van der Waals surface area contributed by atoms with Gasteiger partial charge in [0.05, 0.1) is 16.9 Å². The molecule has 0 fully saturated rings. The molecule has 4 aromatic rings. The highest BCUT2D eigenvalue weighted by molar-refractivity contribution is 7.14. The lowest BCUT2D eigenvalue weighted by atomic mass is 10.1. The van der Waals surface area contributed by atoms with E-state index in [1.54, 1.807) is 23.1 Å². The van der Waals surface area contributed by atoms with Crippen molar-refractivity contribution in [2.45, 2.75) is 27.4 Å². The molecule has 0 aliphatic rings. The third kappa shape index (κ3) is 5.15. The first-order valence-electron chi connectivity index (χ1n) is 10.8. The lowest BCUT2D eigenvalue weighted by Gasteiger charge is -2.21. The van der Waals surface area contributed by atoms with Crippen molar-refractivity contribution in [3.8, 4) is 5.75 Å². The second kappa shape index (κ2) is 10.3. The van der Waals surface area contributed by atoms with Crippen LogP contribution in [0.3, 0.4) is 0 Å². The minimum atomic E-state index is -0.251. The molecule has 0 bridgehead atoms. The van der Waals surface area contributed by atoms with Crippen LogP contribution in [0.1, 0.15) is 34.1 Å². The predicted molar refractivity (Wildman–Crippen MR) is 136 cm³/mol. The van der Waals surface area contributed by atoms with Crippen LogP contribution in [0.25, 0.3) is 0 Å². The zero-order valence-corrected chi connectivity index (χ0v) is 20.1. The first kappa shape index (κ1) is 23.2. The molecule has 1 heterocycles. The second-order valence-corrected chi connectivity index (χ2v) is 8.64. The monoisotopic (exact) mass is 471 g/mol. The first-order valence-corrected chi connectivity index (χ1v) is 11.7. The van der Waals surface area contributed by atoms with E-state index in [0.29, 0.717) is 27.8 Å². The molecule has 0 saturated carbocycles. The number of thiazole rings is 1. The average molecular weight is 472 g/mol. The van der Waals surface area contributed by atoms with Gasteiger partial charge in [-0.2, -0.15) is 0 Å². The number of carbonyl (C=O) groups excluding carboxylic acids is 2. The van der Waals surface area contributed by atoms with Crippen LogP contribution < -0.4 is 15.0 Å². The molecule has 7 heteroatoms. The minimum absolute atomic E-state index is 0.113. The quantitative estimate of drug-likeness (QED) is 0.345. The summed E-state index contributed by atoms with van der Waals surface area (Å²) in [6, 6.07) is 22.2. The number of hydrogen-bond donors (Lipinski definition) is 1. The zero-order valence-electron chi connectivity index (χ0n) is 19.2. The number of para-hydroxylation sites is 2. The molecule has 1 aromatic heterocycles. The van der Waals surface area contributed by atoms with E-state index in [1.165, 1.54) is 18.3 Å². The van der Waals surface area contributed by atoms with Crippen LogP contribution in [0.4, 0.5) is 16.5 Å². The maximum absolute atomic E-state index is 12.8. The third-order valence-electron chi connectivity index (χ3n) is 5.40. The fourth-order valence-electron chi connectivity index (χ4n) is 3.50. The molecule has 0 aliphatic heterocycles. The van der Waals surface area contributed by atoms with E-state index in [1.807, 2.05) is 73.8 Å². The molecule has 0 radical (unpaired) electrons. The van der Waals surface area contributed by atoms with Gasteiger partial charge in [-0.25, -0.2) is 4.98 Å². The Hall–Kier alpha value is -3.97. The van der Waals surface area contributed by atoms with Crippen molar-refractivity contribution in [2.75, 3.05) is 10.2 Å². The molecular weight excluding hydrogens is 446 g/mol. The molecule has 4 rings (SSSR count). The van der Waals surface area contributed by atoms with E-state index in [2.05, 4.69) is 10.3 Å².